The molecule has 0 bridgehead atoms. The van der Waals surface area contributed by atoms with E-state index in [9.17, 15) is 16.9 Å². The maximum Gasteiger partial charge on any atom is 0.355 e. The molecule has 122 valence electrons. The van der Waals surface area contributed by atoms with Crippen molar-refractivity contribution in [2.75, 3.05) is 19.5 Å². The van der Waals surface area contributed by atoms with Crippen LogP contribution < -0.4 is 0 Å². The normalized spacial score (nSPS) is 25.1. The molecule has 2 rings (SSSR count). The van der Waals surface area contributed by atoms with Gasteiger partial charge in [-0.15, -0.1) is 3.89 Å². The summed E-state index contributed by atoms with van der Waals surface area (Å²) in [6.07, 6.45) is 4.87. The highest BCUT2D eigenvalue weighted by atomic mass is 32.2. The number of thioether (sulfide) groups is 1. The molecule has 0 aromatic heterocycles. The molecule has 1 unspecified atom stereocenters. The minimum Gasteiger partial charge on any atom is -0.348 e. The van der Waals surface area contributed by atoms with Crippen LogP contribution >= 0.6 is 11.8 Å². The quantitative estimate of drug-likeness (QED) is 0.615. The van der Waals surface area contributed by atoms with Crippen LogP contribution in [0.1, 0.15) is 5.56 Å². The number of ether oxygens (including phenoxy) is 2. The van der Waals surface area contributed by atoms with Crippen molar-refractivity contribution in [2.45, 2.75) is 16.4 Å². The Bertz CT molecular complexity index is 640. The van der Waals surface area contributed by atoms with E-state index in [0.717, 1.165) is 12.1 Å². The summed E-state index contributed by atoms with van der Waals surface area (Å²) in [7, 11) is -4.88. The van der Waals surface area contributed by atoms with Crippen molar-refractivity contribution in [3.63, 3.8) is 0 Å². The van der Waals surface area contributed by atoms with Crippen molar-refractivity contribution < 1.29 is 26.3 Å². The minimum absolute atomic E-state index is 0.313. The smallest absolute Gasteiger partial charge is 0.348 e. The first-order valence-electron chi connectivity index (χ1n) is 6.39. The van der Waals surface area contributed by atoms with Gasteiger partial charge in [0.25, 0.3) is 0 Å². The summed E-state index contributed by atoms with van der Waals surface area (Å²) in [5, 5.41) is -2.41. The summed E-state index contributed by atoms with van der Waals surface area (Å²) in [5.74, 6) is 0. The van der Waals surface area contributed by atoms with Gasteiger partial charge in [-0.3, -0.25) is 0 Å². The highest BCUT2D eigenvalue weighted by molar-refractivity contribution is 7.99. The third-order valence-electron chi connectivity index (χ3n) is 3.05. The third-order valence-corrected chi connectivity index (χ3v) is 5.27. The maximum absolute atomic E-state index is 13.3. The Morgan fingerprint density at radius 2 is 1.86 bits per heavy atom. The average Bonchev–Trinajstić information content (AvgIpc) is 2.53. The van der Waals surface area contributed by atoms with Gasteiger partial charge in [-0.25, -0.2) is 4.21 Å². The zero-order chi connectivity index (χ0) is 16.2. The predicted molar refractivity (Wildman–Crippen MR) is 83.2 cm³/mol. The van der Waals surface area contributed by atoms with Gasteiger partial charge in [0.05, 0.1) is 23.4 Å². The van der Waals surface area contributed by atoms with Gasteiger partial charge in [0.2, 0.25) is 9.91 Å². The van der Waals surface area contributed by atoms with Crippen molar-refractivity contribution in [1.29, 1.82) is 0 Å². The average molecular weight is 352 g/mol. The summed E-state index contributed by atoms with van der Waals surface area (Å²) < 4.78 is 59.9. The van der Waals surface area contributed by atoms with Crippen LogP contribution in [0.5, 0.6) is 0 Å². The van der Waals surface area contributed by atoms with E-state index in [0.29, 0.717) is 24.0 Å². The first kappa shape index (κ1) is 17.4. The summed E-state index contributed by atoms with van der Waals surface area (Å²) in [5.41, 5.74) is 0.636. The van der Waals surface area contributed by atoms with Gasteiger partial charge in [0.15, 0.2) is 6.29 Å². The Hall–Kier alpha value is -0.960. The first-order chi connectivity index (χ1) is 10.4. The lowest BCUT2D eigenvalue weighted by Crippen LogP contribution is -2.32. The molecular formula is C14H15F3O3S2. The lowest BCUT2D eigenvalue weighted by atomic mass is 10.2. The second-order valence-electron chi connectivity index (χ2n) is 4.53. The van der Waals surface area contributed by atoms with Crippen molar-refractivity contribution in [2.24, 2.45) is 0 Å². The molecule has 0 aliphatic carbocycles. The molecule has 3 nitrogen and oxygen atoms in total. The number of halogens is 3. The molecular weight excluding hydrogens is 337 g/mol. The van der Waals surface area contributed by atoms with Crippen LogP contribution in [0.15, 0.2) is 35.2 Å². The Balaban J connectivity index is 2.02. The summed E-state index contributed by atoms with van der Waals surface area (Å²) in [6, 6.07) is 4.96. The van der Waals surface area contributed by atoms with E-state index in [1.54, 1.807) is 23.9 Å². The standard InChI is InChI=1S/C14H15F3O3S2/c1-21-11-8-19-13(20-9-11)7-4-10-2-5-12(6-3-10)22(17,18)14(15)16/h2-7,11,13H,8-9H2,1H3/b7-4+. The molecule has 22 heavy (non-hydrogen) atoms. The van der Waals surface area contributed by atoms with Crippen LogP contribution in [0.4, 0.5) is 12.7 Å². The molecule has 8 heteroatoms. The number of hydrogen-bond acceptors (Lipinski definition) is 4. The first-order valence-corrected chi connectivity index (χ1v) is 9.14. The number of rotatable bonds is 4. The van der Waals surface area contributed by atoms with Crippen LogP contribution in [-0.4, -0.2) is 40.6 Å². The molecule has 1 aliphatic heterocycles. The molecule has 1 aromatic carbocycles. The van der Waals surface area contributed by atoms with Gasteiger partial charge in [0.1, 0.15) is 0 Å². The zero-order valence-corrected chi connectivity index (χ0v) is 13.3. The second kappa shape index (κ2) is 7.54. The summed E-state index contributed by atoms with van der Waals surface area (Å²) >= 11 is 1.67. The Morgan fingerprint density at radius 1 is 1.27 bits per heavy atom. The molecule has 0 spiro atoms. The largest absolute Gasteiger partial charge is 0.355 e. The van der Waals surface area contributed by atoms with Gasteiger partial charge in [-0.1, -0.05) is 18.2 Å². The summed E-state index contributed by atoms with van der Waals surface area (Å²) in [4.78, 5) is -0.544. The molecule has 1 aromatic rings. The molecule has 0 N–H and O–H groups in total. The highest BCUT2D eigenvalue weighted by Crippen LogP contribution is 2.19. The van der Waals surface area contributed by atoms with Crippen LogP contribution in [0, 0.1) is 0 Å². The van der Waals surface area contributed by atoms with E-state index >= 15 is 0 Å². The summed E-state index contributed by atoms with van der Waals surface area (Å²) in [6.45, 7) is 1.18. The molecule has 0 radical (unpaired) electrons. The SMILES string of the molecule is CSC1COC(/C=C/c2ccc(S(=O)(F)=C(F)F)cc2)OC1. The van der Waals surface area contributed by atoms with Crippen LogP contribution in [0.3, 0.4) is 0 Å². The third kappa shape index (κ3) is 4.28. The van der Waals surface area contributed by atoms with E-state index in [2.05, 4.69) is 0 Å². The van der Waals surface area contributed by atoms with Crippen LogP contribution in [0.2, 0.25) is 0 Å². The lowest BCUT2D eigenvalue weighted by Gasteiger charge is -2.26. The molecule has 0 saturated carbocycles. The molecule has 1 fully saturated rings. The van der Waals surface area contributed by atoms with E-state index in [4.69, 9.17) is 9.47 Å². The lowest BCUT2D eigenvalue weighted by molar-refractivity contribution is -0.145. The topological polar surface area (TPSA) is 35.5 Å². The van der Waals surface area contributed by atoms with Crippen molar-refractivity contribution in [3.05, 3.63) is 35.9 Å². The van der Waals surface area contributed by atoms with Crippen LogP contribution in [0.25, 0.3) is 6.08 Å². The van der Waals surface area contributed by atoms with E-state index in [1.165, 1.54) is 12.1 Å². The van der Waals surface area contributed by atoms with Crippen molar-refractivity contribution >= 4 is 33.1 Å². The number of benzene rings is 1. The monoisotopic (exact) mass is 352 g/mol. The Labute approximate surface area is 131 Å². The molecule has 1 aliphatic rings. The fraction of sp³-hybridized carbons (Fsp3) is 0.357. The Kier molecular flexibility index (Phi) is 5.96. The fourth-order valence-corrected chi connectivity index (χ4v) is 2.87. The van der Waals surface area contributed by atoms with Crippen molar-refractivity contribution in [1.82, 2.24) is 0 Å². The molecule has 1 heterocycles. The fourth-order valence-electron chi connectivity index (χ4n) is 1.78. The van der Waals surface area contributed by atoms with Gasteiger partial charge < -0.3 is 9.47 Å². The Morgan fingerprint density at radius 3 is 2.36 bits per heavy atom. The minimum atomic E-state index is -4.88. The van der Waals surface area contributed by atoms with Gasteiger partial charge >= 0.3 is 5.37 Å². The molecule has 0 amide bonds. The van der Waals surface area contributed by atoms with E-state index in [-0.39, 0.29) is 0 Å². The zero-order valence-electron chi connectivity index (χ0n) is 11.7. The van der Waals surface area contributed by atoms with E-state index < -0.39 is 26.5 Å². The number of hydrogen-bond donors (Lipinski definition) is 0. The highest BCUT2D eigenvalue weighted by Gasteiger charge is 2.19. The van der Waals surface area contributed by atoms with Crippen LogP contribution in [-0.2, 0) is 19.4 Å². The van der Waals surface area contributed by atoms with Gasteiger partial charge in [-0.05, 0) is 30.0 Å². The second-order valence-corrected chi connectivity index (χ2v) is 7.42. The van der Waals surface area contributed by atoms with E-state index in [1.807, 2.05) is 6.26 Å². The van der Waals surface area contributed by atoms with Crippen molar-refractivity contribution in [3.8, 4) is 0 Å². The molecule has 1 saturated heterocycles. The molecule has 1 atom stereocenters. The van der Waals surface area contributed by atoms with Gasteiger partial charge in [0, 0.05) is 0 Å². The van der Waals surface area contributed by atoms with Gasteiger partial charge in [-0.2, -0.15) is 20.5 Å². The maximum atomic E-state index is 13.3. The predicted octanol–water partition coefficient (Wildman–Crippen LogP) is 3.36.